The molecule has 1 unspecified atom stereocenters. The van der Waals surface area contributed by atoms with Gasteiger partial charge in [0, 0.05) is 6.54 Å². The zero-order valence-electron chi connectivity index (χ0n) is 9.58. The van der Waals surface area contributed by atoms with Gasteiger partial charge in [0.2, 0.25) is 0 Å². The molecular formula is C11H19NO3. The fourth-order valence-electron chi connectivity index (χ4n) is 1.43. The van der Waals surface area contributed by atoms with Crippen LogP contribution in [0.2, 0.25) is 0 Å². The van der Waals surface area contributed by atoms with Crippen molar-refractivity contribution in [2.75, 3.05) is 13.7 Å². The van der Waals surface area contributed by atoms with Crippen molar-refractivity contribution in [1.82, 2.24) is 5.32 Å². The summed E-state index contributed by atoms with van der Waals surface area (Å²) in [6, 6.07) is 0. The number of nitrogens with one attached hydrogen (secondary N) is 1. The highest BCUT2D eigenvalue weighted by Crippen LogP contribution is 2.11. The predicted octanol–water partition coefficient (Wildman–Crippen LogP) is 1.22. The molecule has 1 aliphatic rings. The quantitative estimate of drug-likeness (QED) is 0.713. The van der Waals surface area contributed by atoms with Crippen LogP contribution in [0.25, 0.3) is 0 Å². The number of methoxy groups -OCH3 is 1. The minimum atomic E-state index is -0.654. The van der Waals surface area contributed by atoms with Crippen molar-refractivity contribution in [3.05, 3.63) is 12.3 Å². The maximum atomic E-state index is 11.4. The van der Waals surface area contributed by atoms with Gasteiger partial charge >= 0.3 is 5.97 Å². The molecule has 15 heavy (non-hydrogen) atoms. The number of esters is 1. The Kier molecular flexibility index (Phi) is 4.15. The highest BCUT2D eigenvalue weighted by molar-refractivity contribution is 5.79. The van der Waals surface area contributed by atoms with Crippen molar-refractivity contribution in [3.63, 3.8) is 0 Å². The van der Waals surface area contributed by atoms with E-state index in [2.05, 4.69) is 5.32 Å². The summed E-state index contributed by atoms with van der Waals surface area (Å²) in [6.07, 6.45) is 5.90. The van der Waals surface area contributed by atoms with Crippen LogP contribution in [0.5, 0.6) is 0 Å². The molecular weight excluding hydrogens is 194 g/mol. The topological polar surface area (TPSA) is 47.6 Å². The Bertz CT molecular complexity index is 248. The minimum absolute atomic E-state index is 0.152. The lowest BCUT2D eigenvalue weighted by Gasteiger charge is -2.27. The van der Waals surface area contributed by atoms with Gasteiger partial charge in [0.1, 0.15) is 11.6 Å². The second-order valence-corrected chi connectivity index (χ2v) is 4.20. The molecule has 0 saturated heterocycles. The molecule has 0 radical (unpaired) electrons. The second kappa shape index (κ2) is 5.16. The standard InChI is InChI=1S/C11H19NO3/c1-11(2,10(13)14-3)12-8-9-6-4-5-7-15-9/h5,7,9,12H,4,6,8H2,1-3H3. The van der Waals surface area contributed by atoms with Crippen molar-refractivity contribution < 1.29 is 14.3 Å². The first-order valence-electron chi connectivity index (χ1n) is 5.20. The summed E-state index contributed by atoms with van der Waals surface area (Å²) in [4.78, 5) is 11.4. The SMILES string of the molecule is COC(=O)C(C)(C)NCC1CCC=CO1. The Balaban J connectivity index is 2.35. The molecule has 1 atom stereocenters. The van der Waals surface area contributed by atoms with Gasteiger partial charge in [-0.1, -0.05) is 0 Å². The maximum Gasteiger partial charge on any atom is 0.325 e. The van der Waals surface area contributed by atoms with E-state index in [1.165, 1.54) is 7.11 Å². The number of hydrogen-bond acceptors (Lipinski definition) is 4. The van der Waals surface area contributed by atoms with Crippen molar-refractivity contribution in [3.8, 4) is 0 Å². The molecule has 1 N–H and O–H groups in total. The zero-order chi connectivity index (χ0) is 11.3. The number of ether oxygens (including phenoxy) is 2. The van der Waals surface area contributed by atoms with Gasteiger partial charge in [-0.25, -0.2) is 0 Å². The van der Waals surface area contributed by atoms with E-state index in [9.17, 15) is 4.79 Å². The molecule has 1 rings (SSSR count). The number of carbonyl (C=O) groups is 1. The Labute approximate surface area is 90.6 Å². The van der Waals surface area contributed by atoms with Crippen LogP contribution in [0.4, 0.5) is 0 Å². The smallest absolute Gasteiger partial charge is 0.325 e. The maximum absolute atomic E-state index is 11.4. The third-order valence-electron chi connectivity index (χ3n) is 2.49. The van der Waals surface area contributed by atoms with Crippen LogP contribution < -0.4 is 5.32 Å². The fourth-order valence-corrected chi connectivity index (χ4v) is 1.43. The van der Waals surface area contributed by atoms with Crippen molar-refractivity contribution >= 4 is 5.97 Å². The number of carbonyl (C=O) groups excluding carboxylic acids is 1. The summed E-state index contributed by atoms with van der Waals surface area (Å²) in [5, 5.41) is 3.15. The lowest BCUT2D eigenvalue weighted by molar-refractivity contribution is -0.147. The molecule has 4 heteroatoms. The van der Waals surface area contributed by atoms with Gasteiger partial charge in [0.25, 0.3) is 0 Å². The summed E-state index contributed by atoms with van der Waals surface area (Å²) in [5.74, 6) is -0.256. The lowest BCUT2D eigenvalue weighted by Crippen LogP contribution is -2.50. The van der Waals surface area contributed by atoms with E-state index in [0.717, 1.165) is 12.8 Å². The van der Waals surface area contributed by atoms with Gasteiger partial charge in [-0.3, -0.25) is 10.1 Å². The van der Waals surface area contributed by atoms with Gasteiger partial charge in [-0.2, -0.15) is 0 Å². The van der Waals surface area contributed by atoms with E-state index < -0.39 is 5.54 Å². The van der Waals surface area contributed by atoms with Crippen LogP contribution >= 0.6 is 0 Å². The molecule has 86 valence electrons. The number of rotatable bonds is 4. The predicted molar refractivity (Wildman–Crippen MR) is 57.3 cm³/mol. The normalized spacial score (nSPS) is 20.9. The third kappa shape index (κ3) is 3.55. The summed E-state index contributed by atoms with van der Waals surface area (Å²) in [7, 11) is 1.39. The monoisotopic (exact) mass is 213 g/mol. The van der Waals surface area contributed by atoms with Gasteiger partial charge in [0.15, 0.2) is 0 Å². The van der Waals surface area contributed by atoms with Gasteiger partial charge < -0.3 is 9.47 Å². The summed E-state index contributed by atoms with van der Waals surface area (Å²) in [5.41, 5.74) is -0.654. The molecule has 1 heterocycles. The lowest BCUT2D eigenvalue weighted by atomic mass is 10.0. The second-order valence-electron chi connectivity index (χ2n) is 4.20. The Morgan fingerprint density at radius 1 is 1.67 bits per heavy atom. The molecule has 0 bridgehead atoms. The fraction of sp³-hybridized carbons (Fsp3) is 0.727. The molecule has 0 saturated carbocycles. The molecule has 4 nitrogen and oxygen atoms in total. The molecule has 0 amide bonds. The average molecular weight is 213 g/mol. The average Bonchev–Trinajstić information content (AvgIpc) is 2.27. The molecule has 0 spiro atoms. The number of hydrogen-bond donors (Lipinski definition) is 1. The highest BCUT2D eigenvalue weighted by atomic mass is 16.5. The molecule has 0 fully saturated rings. The zero-order valence-corrected chi connectivity index (χ0v) is 9.58. The van der Waals surface area contributed by atoms with Gasteiger partial charge in [-0.15, -0.1) is 0 Å². The van der Waals surface area contributed by atoms with E-state index in [-0.39, 0.29) is 12.1 Å². The Morgan fingerprint density at radius 2 is 2.40 bits per heavy atom. The largest absolute Gasteiger partial charge is 0.497 e. The first kappa shape index (κ1) is 12.0. The van der Waals surface area contributed by atoms with E-state index in [0.29, 0.717) is 6.54 Å². The minimum Gasteiger partial charge on any atom is -0.497 e. The third-order valence-corrected chi connectivity index (χ3v) is 2.49. The van der Waals surface area contributed by atoms with Crippen molar-refractivity contribution in [1.29, 1.82) is 0 Å². The molecule has 0 aromatic carbocycles. The van der Waals surface area contributed by atoms with Crippen LogP contribution in [-0.2, 0) is 14.3 Å². The van der Waals surface area contributed by atoms with E-state index in [4.69, 9.17) is 9.47 Å². The molecule has 0 aromatic rings. The Hall–Kier alpha value is -1.03. The van der Waals surface area contributed by atoms with Crippen LogP contribution in [0.3, 0.4) is 0 Å². The van der Waals surface area contributed by atoms with Crippen LogP contribution in [0.1, 0.15) is 26.7 Å². The van der Waals surface area contributed by atoms with Crippen LogP contribution in [-0.4, -0.2) is 31.3 Å². The summed E-state index contributed by atoms with van der Waals surface area (Å²) >= 11 is 0. The first-order chi connectivity index (χ1) is 7.06. The van der Waals surface area contributed by atoms with Crippen LogP contribution in [0.15, 0.2) is 12.3 Å². The highest BCUT2D eigenvalue weighted by Gasteiger charge is 2.29. The van der Waals surface area contributed by atoms with Gasteiger partial charge in [0.05, 0.1) is 13.4 Å². The molecule has 0 aliphatic carbocycles. The van der Waals surface area contributed by atoms with E-state index in [1.54, 1.807) is 20.1 Å². The van der Waals surface area contributed by atoms with Crippen molar-refractivity contribution in [2.24, 2.45) is 0 Å². The van der Waals surface area contributed by atoms with E-state index in [1.807, 2.05) is 6.08 Å². The molecule has 1 aliphatic heterocycles. The Morgan fingerprint density at radius 3 is 2.93 bits per heavy atom. The van der Waals surface area contributed by atoms with Gasteiger partial charge in [-0.05, 0) is 32.8 Å². The first-order valence-corrected chi connectivity index (χ1v) is 5.20. The summed E-state index contributed by atoms with van der Waals surface area (Å²) < 4.78 is 10.1. The van der Waals surface area contributed by atoms with Crippen LogP contribution in [0, 0.1) is 0 Å². The number of allylic oxidation sites excluding steroid dienone is 1. The van der Waals surface area contributed by atoms with Crippen molar-refractivity contribution in [2.45, 2.75) is 38.3 Å². The summed E-state index contributed by atoms with van der Waals surface area (Å²) in [6.45, 7) is 4.27. The van der Waals surface area contributed by atoms with E-state index >= 15 is 0 Å². The molecule has 0 aromatic heterocycles.